The van der Waals surface area contributed by atoms with Crippen LogP contribution in [0.5, 0.6) is 0 Å². The van der Waals surface area contributed by atoms with E-state index in [1.54, 1.807) is 4.90 Å². The van der Waals surface area contributed by atoms with Crippen LogP contribution >= 0.6 is 0 Å². The minimum Gasteiger partial charge on any atom is -0.341 e. The zero-order valence-corrected chi connectivity index (χ0v) is 15.6. The van der Waals surface area contributed by atoms with Crippen LogP contribution in [0, 0.1) is 17.8 Å². The minimum absolute atomic E-state index is 0.130. The number of carbonyl (C=O) groups excluding carboxylic acids is 3. The van der Waals surface area contributed by atoms with Gasteiger partial charge in [-0.15, -0.1) is 0 Å². The first-order valence-corrected chi connectivity index (χ1v) is 10.1. The summed E-state index contributed by atoms with van der Waals surface area (Å²) < 4.78 is 0. The topological polar surface area (TPSA) is 95.7 Å². The van der Waals surface area contributed by atoms with Crippen molar-refractivity contribution in [2.24, 2.45) is 23.5 Å². The van der Waals surface area contributed by atoms with Gasteiger partial charge >= 0.3 is 6.03 Å². The van der Waals surface area contributed by atoms with Crippen molar-refractivity contribution in [2.75, 3.05) is 19.6 Å². The van der Waals surface area contributed by atoms with E-state index >= 15 is 0 Å². The Morgan fingerprint density at radius 1 is 1.19 bits per heavy atom. The molecule has 7 heteroatoms. The number of rotatable bonds is 3. The molecule has 0 aromatic heterocycles. The summed E-state index contributed by atoms with van der Waals surface area (Å²) in [7, 11) is 0. The molecule has 2 aliphatic carbocycles. The number of hydrogen-bond acceptors (Lipinski definition) is 4. The predicted molar refractivity (Wildman–Crippen MR) is 96.0 cm³/mol. The molecule has 7 nitrogen and oxygen atoms in total. The predicted octanol–water partition coefficient (Wildman–Crippen LogP) is 1.07. The van der Waals surface area contributed by atoms with Gasteiger partial charge in [0, 0.05) is 19.1 Å². The van der Waals surface area contributed by atoms with Crippen molar-refractivity contribution in [2.45, 2.75) is 63.5 Å². The van der Waals surface area contributed by atoms with Gasteiger partial charge < -0.3 is 16.0 Å². The van der Waals surface area contributed by atoms with Gasteiger partial charge in [0.15, 0.2) is 0 Å². The molecule has 26 heavy (non-hydrogen) atoms. The smallest absolute Gasteiger partial charge is 0.325 e. The fourth-order valence-electron chi connectivity index (χ4n) is 5.48. The molecule has 0 bridgehead atoms. The number of hydrogen-bond donors (Lipinski definition) is 2. The molecule has 4 aliphatic rings. The van der Waals surface area contributed by atoms with Crippen molar-refractivity contribution in [1.29, 1.82) is 0 Å². The third-order valence-electron chi connectivity index (χ3n) is 7.34. The van der Waals surface area contributed by atoms with Crippen LogP contribution in [0.3, 0.4) is 0 Å². The van der Waals surface area contributed by atoms with Crippen LogP contribution in [0.15, 0.2) is 0 Å². The maximum absolute atomic E-state index is 12.9. The number of likely N-dealkylation sites (tertiary alicyclic amines) is 1. The summed E-state index contributed by atoms with van der Waals surface area (Å²) in [6.45, 7) is 3.40. The average molecular weight is 362 g/mol. The highest BCUT2D eigenvalue weighted by molar-refractivity contribution is 6.09. The number of nitrogens with zero attached hydrogens (tertiary/aromatic N) is 2. The molecule has 4 amide bonds. The summed E-state index contributed by atoms with van der Waals surface area (Å²) in [5, 5.41) is 2.90. The van der Waals surface area contributed by atoms with Crippen molar-refractivity contribution >= 4 is 17.8 Å². The lowest BCUT2D eigenvalue weighted by molar-refractivity contribution is -0.139. The number of nitrogens with one attached hydrogen (secondary N) is 1. The third kappa shape index (κ3) is 2.80. The molecule has 2 aliphatic heterocycles. The van der Waals surface area contributed by atoms with Gasteiger partial charge in [0.05, 0.1) is 0 Å². The fourth-order valence-corrected chi connectivity index (χ4v) is 5.48. The van der Waals surface area contributed by atoms with E-state index in [-0.39, 0.29) is 24.4 Å². The van der Waals surface area contributed by atoms with Gasteiger partial charge in [0.2, 0.25) is 5.91 Å². The lowest BCUT2D eigenvalue weighted by Gasteiger charge is -2.34. The van der Waals surface area contributed by atoms with E-state index in [0.717, 1.165) is 37.0 Å². The summed E-state index contributed by atoms with van der Waals surface area (Å²) in [5.74, 6) is 1.15. The quantitative estimate of drug-likeness (QED) is 0.734. The Labute approximate surface area is 154 Å². The SMILES string of the molecule is CCC1CCC2(CC1)NC(=O)N(CC(=O)N1CC3CCC(N)C3C1)C2=O. The second kappa shape index (κ2) is 6.51. The Kier molecular flexibility index (Phi) is 4.45. The van der Waals surface area contributed by atoms with Crippen LogP contribution in [0.25, 0.3) is 0 Å². The maximum Gasteiger partial charge on any atom is 0.325 e. The largest absolute Gasteiger partial charge is 0.341 e. The molecule has 1 spiro atoms. The zero-order chi connectivity index (χ0) is 18.5. The lowest BCUT2D eigenvalue weighted by atomic mass is 9.75. The van der Waals surface area contributed by atoms with Gasteiger partial charge in [-0.3, -0.25) is 14.5 Å². The van der Waals surface area contributed by atoms with Crippen molar-refractivity contribution in [3.8, 4) is 0 Å². The van der Waals surface area contributed by atoms with Crippen molar-refractivity contribution in [3.05, 3.63) is 0 Å². The van der Waals surface area contributed by atoms with E-state index in [4.69, 9.17) is 5.73 Å². The van der Waals surface area contributed by atoms with Crippen LogP contribution in [-0.2, 0) is 9.59 Å². The standard InChI is InChI=1S/C19H30N4O3/c1-2-12-5-7-19(8-6-12)17(25)23(18(26)21-19)11-16(24)22-9-13-3-4-15(20)14(13)10-22/h12-15H,2-11,20H2,1H3,(H,21,26). The van der Waals surface area contributed by atoms with Gasteiger partial charge in [0.1, 0.15) is 12.1 Å². The van der Waals surface area contributed by atoms with Crippen molar-refractivity contribution in [3.63, 3.8) is 0 Å². The molecule has 2 saturated heterocycles. The Morgan fingerprint density at radius 2 is 1.92 bits per heavy atom. The fraction of sp³-hybridized carbons (Fsp3) is 0.842. The highest BCUT2D eigenvalue weighted by Gasteiger charge is 2.53. The molecule has 0 radical (unpaired) electrons. The molecular weight excluding hydrogens is 332 g/mol. The number of fused-ring (bicyclic) bond motifs is 1. The zero-order valence-electron chi connectivity index (χ0n) is 15.6. The van der Waals surface area contributed by atoms with Crippen LogP contribution in [0.1, 0.15) is 51.9 Å². The molecule has 144 valence electrons. The first-order valence-electron chi connectivity index (χ1n) is 10.1. The van der Waals surface area contributed by atoms with Crippen LogP contribution < -0.4 is 11.1 Å². The summed E-state index contributed by atoms with van der Waals surface area (Å²) in [5.41, 5.74) is 5.37. The maximum atomic E-state index is 12.9. The highest BCUT2D eigenvalue weighted by atomic mass is 16.2. The Hall–Kier alpha value is -1.63. The number of amides is 4. The lowest BCUT2D eigenvalue weighted by Crippen LogP contribution is -2.50. The Balaban J connectivity index is 1.38. The summed E-state index contributed by atoms with van der Waals surface area (Å²) >= 11 is 0. The molecule has 2 heterocycles. The van der Waals surface area contributed by atoms with E-state index in [2.05, 4.69) is 12.2 Å². The Morgan fingerprint density at radius 3 is 2.58 bits per heavy atom. The molecule has 3 unspecified atom stereocenters. The molecule has 0 aromatic carbocycles. The molecular formula is C19H30N4O3. The summed E-state index contributed by atoms with van der Waals surface area (Å²) in [4.78, 5) is 41.0. The molecule has 2 saturated carbocycles. The molecule has 0 aromatic rings. The monoisotopic (exact) mass is 362 g/mol. The van der Waals surface area contributed by atoms with Crippen LogP contribution in [-0.4, -0.2) is 58.9 Å². The second-order valence-corrected chi connectivity index (χ2v) is 8.72. The molecule has 4 fully saturated rings. The molecule has 4 rings (SSSR count). The summed E-state index contributed by atoms with van der Waals surface area (Å²) in [6, 6.07) is -0.235. The second-order valence-electron chi connectivity index (χ2n) is 8.72. The van der Waals surface area contributed by atoms with Gasteiger partial charge in [-0.05, 0) is 56.3 Å². The first kappa shape index (κ1) is 17.8. The van der Waals surface area contributed by atoms with E-state index in [1.165, 1.54) is 0 Å². The van der Waals surface area contributed by atoms with Crippen LogP contribution in [0.2, 0.25) is 0 Å². The highest BCUT2D eigenvalue weighted by Crippen LogP contribution is 2.39. The molecule has 3 atom stereocenters. The minimum atomic E-state index is -0.771. The van der Waals surface area contributed by atoms with Crippen molar-refractivity contribution in [1.82, 2.24) is 15.1 Å². The number of imide groups is 1. The van der Waals surface area contributed by atoms with E-state index in [0.29, 0.717) is 43.7 Å². The van der Waals surface area contributed by atoms with Crippen molar-refractivity contribution < 1.29 is 14.4 Å². The van der Waals surface area contributed by atoms with Gasteiger partial charge in [-0.2, -0.15) is 0 Å². The van der Waals surface area contributed by atoms with Crippen LogP contribution in [0.4, 0.5) is 4.79 Å². The number of urea groups is 1. The molecule has 3 N–H and O–H groups in total. The van der Waals surface area contributed by atoms with Gasteiger partial charge in [-0.25, -0.2) is 4.79 Å². The van der Waals surface area contributed by atoms with Gasteiger partial charge in [0.25, 0.3) is 5.91 Å². The Bertz CT molecular complexity index is 614. The first-order chi connectivity index (χ1) is 12.4. The third-order valence-corrected chi connectivity index (χ3v) is 7.34. The number of carbonyl (C=O) groups is 3. The van der Waals surface area contributed by atoms with E-state index < -0.39 is 11.6 Å². The van der Waals surface area contributed by atoms with Gasteiger partial charge in [-0.1, -0.05) is 13.3 Å². The number of nitrogens with two attached hydrogens (primary N) is 1. The summed E-state index contributed by atoms with van der Waals surface area (Å²) in [6.07, 6.45) is 6.49. The average Bonchev–Trinajstić information content (AvgIpc) is 3.27. The van der Waals surface area contributed by atoms with E-state index in [1.807, 2.05) is 0 Å². The van der Waals surface area contributed by atoms with E-state index in [9.17, 15) is 14.4 Å². The normalized spacial score (nSPS) is 39.6.